The van der Waals surface area contributed by atoms with Gasteiger partial charge in [-0.05, 0) is 31.2 Å². The van der Waals surface area contributed by atoms with Gasteiger partial charge in [-0.25, -0.2) is 4.68 Å². The molecule has 1 N–H and O–H groups in total. The van der Waals surface area contributed by atoms with Crippen molar-refractivity contribution in [2.45, 2.75) is 13.1 Å². The number of aryl methyl sites for hydroxylation is 1. The number of fused-ring (bicyclic) bond motifs is 4. The van der Waals surface area contributed by atoms with Gasteiger partial charge < -0.3 is 14.8 Å². The van der Waals surface area contributed by atoms with Crippen molar-refractivity contribution < 1.29 is 9.47 Å². The van der Waals surface area contributed by atoms with Crippen LogP contribution in [0.2, 0.25) is 0 Å². The average molecular weight is 305 g/mol. The van der Waals surface area contributed by atoms with Crippen LogP contribution in [0, 0.1) is 6.92 Å². The fourth-order valence-electron chi connectivity index (χ4n) is 3.26. The molecule has 23 heavy (non-hydrogen) atoms. The van der Waals surface area contributed by atoms with Gasteiger partial charge in [-0.2, -0.15) is 5.10 Å². The van der Waals surface area contributed by atoms with Crippen molar-refractivity contribution in [3.63, 3.8) is 0 Å². The molecular formula is C18H15N3O2. The Morgan fingerprint density at radius 1 is 1.09 bits per heavy atom. The number of para-hydroxylation sites is 1. The summed E-state index contributed by atoms with van der Waals surface area (Å²) in [4.78, 5) is 0. The predicted octanol–water partition coefficient (Wildman–Crippen LogP) is 3.56. The molecule has 114 valence electrons. The SMILES string of the molecule is Cc1cc2n(n1)[C@H](c1ccc3c(c1)OCO3)Nc1ccccc1-2. The van der Waals surface area contributed by atoms with Crippen LogP contribution in [0.4, 0.5) is 5.69 Å². The molecule has 5 heteroatoms. The Morgan fingerprint density at radius 3 is 2.91 bits per heavy atom. The highest BCUT2D eigenvalue weighted by Gasteiger charge is 2.27. The lowest BCUT2D eigenvalue weighted by Gasteiger charge is -2.29. The molecule has 2 aliphatic heterocycles. The number of rotatable bonds is 1. The molecule has 0 radical (unpaired) electrons. The van der Waals surface area contributed by atoms with Gasteiger partial charge in [0, 0.05) is 16.8 Å². The summed E-state index contributed by atoms with van der Waals surface area (Å²) in [5.74, 6) is 1.58. The van der Waals surface area contributed by atoms with Gasteiger partial charge in [0.05, 0.1) is 11.4 Å². The molecule has 2 aliphatic rings. The summed E-state index contributed by atoms with van der Waals surface area (Å²) in [6.07, 6.45) is -0.0666. The molecule has 2 aromatic carbocycles. The van der Waals surface area contributed by atoms with Gasteiger partial charge in [0.25, 0.3) is 0 Å². The van der Waals surface area contributed by atoms with Crippen LogP contribution in [0.15, 0.2) is 48.5 Å². The molecule has 1 atom stereocenters. The van der Waals surface area contributed by atoms with Gasteiger partial charge in [-0.1, -0.05) is 24.3 Å². The topological polar surface area (TPSA) is 48.3 Å². The number of hydrogen-bond acceptors (Lipinski definition) is 4. The van der Waals surface area contributed by atoms with E-state index in [2.05, 4.69) is 34.7 Å². The molecule has 0 spiro atoms. The van der Waals surface area contributed by atoms with Crippen LogP contribution < -0.4 is 14.8 Å². The molecule has 5 nitrogen and oxygen atoms in total. The Bertz CT molecular complexity index is 916. The first-order valence-corrected chi connectivity index (χ1v) is 7.61. The zero-order chi connectivity index (χ0) is 15.4. The van der Waals surface area contributed by atoms with E-state index in [9.17, 15) is 0 Å². The van der Waals surface area contributed by atoms with Crippen molar-refractivity contribution in [2.75, 3.05) is 12.1 Å². The number of aromatic nitrogens is 2. The molecule has 3 aromatic rings. The molecule has 5 rings (SSSR count). The second kappa shape index (κ2) is 4.52. The second-order valence-electron chi connectivity index (χ2n) is 5.82. The van der Waals surface area contributed by atoms with E-state index in [0.717, 1.165) is 34.1 Å². The Morgan fingerprint density at radius 2 is 1.96 bits per heavy atom. The summed E-state index contributed by atoms with van der Waals surface area (Å²) in [5.41, 5.74) is 5.50. The van der Waals surface area contributed by atoms with Crippen molar-refractivity contribution in [3.8, 4) is 22.8 Å². The van der Waals surface area contributed by atoms with Crippen molar-refractivity contribution >= 4 is 5.69 Å². The van der Waals surface area contributed by atoms with Gasteiger partial charge in [-0.15, -0.1) is 0 Å². The van der Waals surface area contributed by atoms with Crippen molar-refractivity contribution in [2.24, 2.45) is 0 Å². The number of nitrogens with one attached hydrogen (secondary N) is 1. The second-order valence-corrected chi connectivity index (χ2v) is 5.82. The first-order valence-electron chi connectivity index (χ1n) is 7.61. The Labute approximate surface area is 133 Å². The van der Waals surface area contributed by atoms with Gasteiger partial charge in [-0.3, -0.25) is 0 Å². The molecule has 0 bridgehead atoms. The molecule has 0 fully saturated rings. The minimum absolute atomic E-state index is 0.0666. The van der Waals surface area contributed by atoms with E-state index in [-0.39, 0.29) is 13.0 Å². The standard InChI is InChI=1S/C18H15N3O2/c1-11-8-15-13-4-2-3-5-14(13)19-18(21(15)20-11)12-6-7-16-17(9-12)23-10-22-16/h2-9,18-19H,10H2,1H3/t18-/m1/s1. The maximum absolute atomic E-state index is 5.51. The zero-order valence-electron chi connectivity index (χ0n) is 12.6. The van der Waals surface area contributed by atoms with E-state index < -0.39 is 0 Å². The van der Waals surface area contributed by atoms with Crippen molar-refractivity contribution in [1.82, 2.24) is 9.78 Å². The van der Waals surface area contributed by atoms with E-state index in [1.165, 1.54) is 5.56 Å². The Balaban J connectivity index is 1.67. The summed E-state index contributed by atoms with van der Waals surface area (Å²) in [7, 11) is 0. The highest BCUT2D eigenvalue weighted by atomic mass is 16.7. The van der Waals surface area contributed by atoms with Gasteiger partial charge in [0.2, 0.25) is 6.79 Å². The summed E-state index contributed by atoms with van der Waals surface area (Å²) in [5, 5.41) is 8.26. The third-order valence-electron chi connectivity index (χ3n) is 4.31. The molecule has 1 aromatic heterocycles. The Hall–Kier alpha value is -2.95. The molecule has 0 saturated carbocycles. The number of hydrogen-bond donors (Lipinski definition) is 1. The van der Waals surface area contributed by atoms with Crippen LogP contribution >= 0.6 is 0 Å². The van der Waals surface area contributed by atoms with Crippen LogP contribution in [0.1, 0.15) is 17.4 Å². The van der Waals surface area contributed by atoms with Crippen LogP contribution in [-0.2, 0) is 0 Å². The van der Waals surface area contributed by atoms with Crippen LogP contribution in [-0.4, -0.2) is 16.6 Å². The van der Waals surface area contributed by atoms with Crippen LogP contribution in [0.5, 0.6) is 11.5 Å². The lowest BCUT2D eigenvalue weighted by Crippen LogP contribution is -2.25. The summed E-state index contributed by atoms with van der Waals surface area (Å²) in [6.45, 7) is 2.30. The number of benzene rings is 2. The maximum Gasteiger partial charge on any atom is 0.231 e. The minimum atomic E-state index is -0.0666. The average Bonchev–Trinajstić information content (AvgIpc) is 3.19. The summed E-state index contributed by atoms with van der Waals surface area (Å²) in [6, 6.07) is 16.5. The minimum Gasteiger partial charge on any atom is -0.454 e. The van der Waals surface area contributed by atoms with Crippen molar-refractivity contribution in [3.05, 3.63) is 59.8 Å². The van der Waals surface area contributed by atoms with Gasteiger partial charge in [0.15, 0.2) is 11.5 Å². The molecule has 3 heterocycles. The highest BCUT2D eigenvalue weighted by molar-refractivity contribution is 5.78. The number of anilines is 1. The third kappa shape index (κ3) is 1.83. The monoisotopic (exact) mass is 305 g/mol. The van der Waals surface area contributed by atoms with Crippen molar-refractivity contribution in [1.29, 1.82) is 0 Å². The highest BCUT2D eigenvalue weighted by Crippen LogP contribution is 2.41. The molecule has 0 aliphatic carbocycles. The molecule has 0 saturated heterocycles. The lowest BCUT2D eigenvalue weighted by molar-refractivity contribution is 0.174. The van der Waals surface area contributed by atoms with E-state index in [1.54, 1.807) is 0 Å². The fraction of sp³-hybridized carbons (Fsp3) is 0.167. The predicted molar refractivity (Wildman–Crippen MR) is 86.7 cm³/mol. The lowest BCUT2D eigenvalue weighted by atomic mass is 10.0. The first kappa shape index (κ1) is 12.6. The number of ether oxygens (including phenoxy) is 2. The van der Waals surface area contributed by atoms with Gasteiger partial charge in [0.1, 0.15) is 6.17 Å². The van der Waals surface area contributed by atoms with E-state index in [4.69, 9.17) is 9.47 Å². The quantitative estimate of drug-likeness (QED) is 0.747. The van der Waals surface area contributed by atoms with E-state index in [1.807, 2.05) is 35.9 Å². The Kier molecular flexibility index (Phi) is 2.47. The summed E-state index contributed by atoms with van der Waals surface area (Å²) < 4.78 is 13.0. The van der Waals surface area contributed by atoms with E-state index >= 15 is 0 Å². The molecule has 0 amide bonds. The van der Waals surface area contributed by atoms with Crippen LogP contribution in [0.3, 0.4) is 0 Å². The molecular weight excluding hydrogens is 290 g/mol. The summed E-state index contributed by atoms with van der Waals surface area (Å²) >= 11 is 0. The van der Waals surface area contributed by atoms with E-state index in [0.29, 0.717) is 0 Å². The largest absolute Gasteiger partial charge is 0.454 e. The smallest absolute Gasteiger partial charge is 0.231 e. The fourth-order valence-corrected chi connectivity index (χ4v) is 3.26. The normalized spacial score (nSPS) is 17.3. The van der Waals surface area contributed by atoms with Crippen LogP contribution in [0.25, 0.3) is 11.3 Å². The maximum atomic E-state index is 5.51. The zero-order valence-corrected chi connectivity index (χ0v) is 12.6. The number of nitrogens with zero attached hydrogens (tertiary/aromatic N) is 2. The third-order valence-corrected chi connectivity index (χ3v) is 4.31. The first-order chi connectivity index (χ1) is 11.3. The molecule has 0 unspecified atom stereocenters. The van der Waals surface area contributed by atoms with Gasteiger partial charge >= 0.3 is 0 Å².